The van der Waals surface area contributed by atoms with E-state index in [1.54, 1.807) is 7.11 Å². The lowest BCUT2D eigenvalue weighted by Crippen LogP contribution is -2.37. The first-order valence-electron chi connectivity index (χ1n) is 9.97. The number of carboxylic acid groups (broad SMARTS) is 1. The van der Waals surface area contributed by atoms with Gasteiger partial charge in [-0.15, -0.1) is 0 Å². The smallest absolute Gasteiger partial charge is 0.430 e. The van der Waals surface area contributed by atoms with Crippen molar-refractivity contribution in [3.63, 3.8) is 0 Å². The van der Waals surface area contributed by atoms with E-state index in [1.165, 1.54) is 33.3 Å². The number of hydrogen-bond acceptors (Lipinski definition) is 3. The summed E-state index contributed by atoms with van der Waals surface area (Å²) in [5, 5.41) is 11.3. The molecule has 166 valence electrons. The summed E-state index contributed by atoms with van der Waals surface area (Å²) >= 11 is 0. The van der Waals surface area contributed by atoms with Crippen LogP contribution in [0.25, 0.3) is 28.1 Å². The summed E-state index contributed by atoms with van der Waals surface area (Å²) in [5.41, 5.74) is 6.16. The first-order chi connectivity index (χ1) is 15.8. The van der Waals surface area contributed by atoms with Gasteiger partial charge in [-0.25, -0.2) is 0 Å². The number of fused-ring (bicyclic) bond motifs is 5. The molecule has 0 unspecified atom stereocenters. The Morgan fingerprint density at radius 3 is 2.24 bits per heavy atom. The number of pyridine rings is 1. The zero-order chi connectivity index (χ0) is 23.6. The van der Waals surface area contributed by atoms with E-state index < -0.39 is 12.1 Å². The zero-order valence-corrected chi connectivity index (χ0v) is 17.5. The van der Waals surface area contributed by atoms with Gasteiger partial charge >= 0.3 is 6.18 Å². The average molecular weight is 449 g/mol. The van der Waals surface area contributed by atoms with Crippen molar-refractivity contribution in [3.8, 4) is 11.4 Å². The second-order valence-electron chi connectivity index (χ2n) is 7.26. The Labute approximate surface area is 187 Å². The van der Waals surface area contributed by atoms with Gasteiger partial charge in [-0.3, -0.25) is 0 Å². The molecule has 3 aromatic carbocycles. The minimum Gasteiger partial charge on any atom is -0.542 e. The van der Waals surface area contributed by atoms with Crippen LogP contribution >= 0.6 is 0 Å². The summed E-state index contributed by atoms with van der Waals surface area (Å²) in [5.74, 6) is -2.13. The average Bonchev–Trinajstić information content (AvgIpc) is 3.13. The van der Waals surface area contributed by atoms with Gasteiger partial charge in [-0.1, -0.05) is 42.5 Å². The standard InChI is InChI=1S/C24H18NO.C2HF3O2/c1-26-19-12-10-17(11-13-19)16-22-21-8-4-5-9-23(21)25-15-14-18-6-2-3-7-20(18)24(22)25;3-2(4,5)1(6)7/h2-16H,1H3;(H,6,7)/q+1;/p-1/b22-16-;. The van der Waals surface area contributed by atoms with Crippen LogP contribution < -0.4 is 14.4 Å². The van der Waals surface area contributed by atoms with E-state index in [4.69, 9.17) is 14.6 Å². The molecule has 0 radical (unpaired) electrons. The maximum atomic E-state index is 10.5. The quantitative estimate of drug-likeness (QED) is 0.377. The molecule has 2 heterocycles. The number of aliphatic carboxylic acids is 1. The maximum Gasteiger partial charge on any atom is 0.430 e. The summed E-state index contributed by atoms with van der Waals surface area (Å²) in [6, 6.07) is 27.6. The Morgan fingerprint density at radius 1 is 0.939 bits per heavy atom. The third-order valence-electron chi connectivity index (χ3n) is 5.23. The number of nitrogens with zero attached hydrogens (tertiary/aromatic N) is 1. The topological polar surface area (TPSA) is 53.2 Å². The Balaban J connectivity index is 0.000000325. The molecule has 0 atom stereocenters. The number of alkyl halides is 3. The SMILES string of the molecule is COc1ccc(/C=C2/c3ccccc3-[n+]3ccc4ccccc4c32)cc1.O=C([O-])C(F)(F)F. The van der Waals surface area contributed by atoms with E-state index in [-0.39, 0.29) is 0 Å². The molecule has 0 aliphatic carbocycles. The van der Waals surface area contributed by atoms with Crippen molar-refractivity contribution in [3.05, 3.63) is 102 Å². The predicted octanol–water partition coefficient (Wildman–Crippen LogP) is 4.33. The van der Waals surface area contributed by atoms with Crippen molar-refractivity contribution >= 4 is 28.4 Å². The number of benzene rings is 3. The number of methoxy groups -OCH3 is 1. The van der Waals surface area contributed by atoms with Crippen molar-refractivity contribution < 1.29 is 32.4 Å². The van der Waals surface area contributed by atoms with Crippen molar-refractivity contribution in [1.82, 2.24) is 0 Å². The fourth-order valence-electron chi connectivity index (χ4n) is 3.74. The largest absolute Gasteiger partial charge is 0.542 e. The Morgan fingerprint density at radius 2 is 1.58 bits per heavy atom. The fraction of sp³-hybridized carbons (Fsp3) is 0.0769. The Bertz CT molecular complexity index is 1360. The highest BCUT2D eigenvalue weighted by molar-refractivity contribution is 6.02. The van der Waals surface area contributed by atoms with E-state index >= 15 is 0 Å². The van der Waals surface area contributed by atoms with Crippen LogP contribution in [-0.2, 0) is 4.79 Å². The van der Waals surface area contributed by atoms with E-state index in [1.807, 2.05) is 12.1 Å². The first-order valence-corrected chi connectivity index (χ1v) is 9.97. The molecule has 4 nitrogen and oxygen atoms in total. The molecule has 0 N–H and O–H groups in total. The second kappa shape index (κ2) is 8.78. The van der Waals surface area contributed by atoms with Crippen molar-refractivity contribution in [1.29, 1.82) is 0 Å². The van der Waals surface area contributed by atoms with Crippen molar-refractivity contribution in [2.45, 2.75) is 6.18 Å². The number of para-hydroxylation sites is 1. The molecule has 33 heavy (non-hydrogen) atoms. The molecule has 0 saturated heterocycles. The summed E-state index contributed by atoms with van der Waals surface area (Å²) < 4.78 is 39.1. The van der Waals surface area contributed by atoms with E-state index in [0.29, 0.717) is 0 Å². The summed E-state index contributed by atoms with van der Waals surface area (Å²) in [7, 11) is 1.69. The van der Waals surface area contributed by atoms with Gasteiger partial charge in [0.15, 0.2) is 6.20 Å². The van der Waals surface area contributed by atoms with E-state index in [9.17, 15) is 13.2 Å². The van der Waals surface area contributed by atoms with Crippen LogP contribution in [0.1, 0.15) is 16.8 Å². The van der Waals surface area contributed by atoms with Gasteiger partial charge in [0.2, 0.25) is 11.4 Å². The van der Waals surface area contributed by atoms with E-state index in [0.717, 1.165) is 11.3 Å². The van der Waals surface area contributed by atoms with Crippen LogP contribution in [0.4, 0.5) is 13.2 Å². The molecule has 4 aromatic rings. The number of carbonyl (C=O) groups excluding carboxylic acids is 1. The number of halogens is 3. The number of carboxylic acids is 1. The van der Waals surface area contributed by atoms with Crippen molar-refractivity contribution in [2.75, 3.05) is 7.11 Å². The zero-order valence-electron chi connectivity index (χ0n) is 17.5. The molecular weight excluding hydrogens is 431 g/mol. The first kappa shape index (κ1) is 22.1. The van der Waals surface area contributed by atoms with Gasteiger partial charge in [0.05, 0.1) is 23.6 Å². The van der Waals surface area contributed by atoms with Gasteiger partial charge in [0.25, 0.3) is 0 Å². The van der Waals surface area contributed by atoms with Crippen molar-refractivity contribution in [2.24, 2.45) is 0 Å². The van der Waals surface area contributed by atoms with Crippen LogP contribution in [0.15, 0.2) is 85.1 Å². The van der Waals surface area contributed by atoms with Crippen LogP contribution in [0.2, 0.25) is 0 Å². The molecule has 0 spiro atoms. The normalized spacial score (nSPS) is 13.2. The monoisotopic (exact) mass is 449 g/mol. The molecule has 0 fully saturated rings. The molecule has 0 saturated carbocycles. The number of hydrogen-bond donors (Lipinski definition) is 0. The number of ether oxygens (including phenoxy) is 1. The molecule has 0 amide bonds. The molecule has 7 heteroatoms. The lowest BCUT2D eigenvalue weighted by atomic mass is 9.98. The van der Waals surface area contributed by atoms with Crippen LogP contribution in [0, 0.1) is 0 Å². The maximum absolute atomic E-state index is 10.5. The second-order valence-corrected chi connectivity index (χ2v) is 7.26. The molecular formula is C26H18F3NO3. The number of rotatable bonds is 2. The molecule has 1 aliphatic rings. The van der Waals surface area contributed by atoms with Gasteiger partial charge in [-0.2, -0.15) is 17.7 Å². The Hall–Kier alpha value is -4.13. The molecule has 0 bridgehead atoms. The molecule has 1 aliphatic heterocycles. The van der Waals surface area contributed by atoms with Crippen LogP contribution in [0.5, 0.6) is 5.75 Å². The third-order valence-corrected chi connectivity index (χ3v) is 5.23. The van der Waals surface area contributed by atoms with Gasteiger partial charge in [-0.05, 0) is 41.3 Å². The lowest BCUT2D eigenvalue weighted by Gasteiger charge is -2.03. The van der Waals surface area contributed by atoms with Crippen LogP contribution in [-0.4, -0.2) is 19.3 Å². The van der Waals surface area contributed by atoms with Gasteiger partial charge < -0.3 is 14.6 Å². The highest BCUT2D eigenvalue weighted by atomic mass is 19.4. The fourth-order valence-corrected chi connectivity index (χ4v) is 3.74. The van der Waals surface area contributed by atoms with Gasteiger partial charge in [0.1, 0.15) is 11.7 Å². The molecule has 1 aromatic heterocycles. The minimum atomic E-state index is -5.19. The molecule has 5 rings (SSSR count). The number of carbonyl (C=O) groups is 1. The summed E-state index contributed by atoms with van der Waals surface area (Å²) in [6.45, 7) is 0. The van der Waals surface area contributed by atoms with Crippen LogP contribution in [0.3, 0.4) is 0 Å². The Kier molecular flexibility index (Phi) is 5.87. The highest BCUT2D eigenvalue weighted by Gasteiger charge is 2.33. The minimum absolute atomic E-state index is 0.874. The summed E-state index contributed by atoms with van der Waals surface area (Å²) in [6.07, 6.45) is -0.755. The van der Waals surface area contributed by atoms with E-state index in [2.05, 4.69) is 83.6 Å². The lowest BCUT2D eigenvalue weighted by molar-refractivity contribution is -0.592. The summed E-state index contributed by atoms with van der Waals surface area (Å²) in [4.78, 5) is 8.78. The number of aromatic nitrogens is 1. The third kappa shape index (κ3) is 4.43. The predicted molar refractivity (Wildman–Crippen MR) is 117 cm³/mol. The van der Waals surface area contributed by atoms with Gasteiger partial charge in [0, 0.05) is 12.1 Å². The highest BCUT2D eigenvalue weighted by Crippen LogP contribution is 2.36.